The maximum absolute atomic E-state index is 12.2. The van der Waals surface area contributed by atoms with E-state index in [1.54, 1.807) is 24.3 Å². The van der Waals surface area contributed by atoms with Crippen LogP contribution in [-0.4, -0.2) is 15.6 Å². The molecule has 5 heteroatoms. The van der Waals surface area contributed by atoms with E-state index < -0.39 is 5.97 Å². The molecule has 122 valence electrons. The second-order valence-electron chi connectivity index (χ2n) is 5.67. The predicted octanol–water partition coefficient (Wildman–Crippen LogP) is 2.97. The number of benzene rings is 2. The topological polar surface area (TPSA) is 68.5 Å². The van der Waals surface area contributed by atoms with E-state index in [9.17, 15) is 9.59 Å². The number of rotatable bonds is 5. The fourth-order valence-electron chi connectivity index (χ4n) is 2.48. The molecule has 24 heavy (non-hydrogen) atoms. The average molecular weight is 323 g/mol. The van der Waals surface area contributed by atoms with Crippen molar-refractivity contribution in [3.8, 4) is 5.75 Å². The minimum atomic E-state index is -1.05. The standard InChI is InChI=1S/C19H17NO4/c1-13-2-4-14(5-3-13)12-24-16-6-7-17-15(10-16)8-9-20(19(17)23)11-18(21)22/h2-10H,11-12H2,1H3,(H,21,22). The molecule has 5 nitrogen and oxygen atoms in total. The van der Waals surface area contributed by atoms with Gasteiger partial charge in [-0.2, -0.15) is 0 Å². The monoisotopic (exact) mass is 323 g/mol. The van der Waals surface area contributed by atoms with Crippen LogP contribution in [0.15, 0.2) is 59.5 Å². The molecule has 0 atom stereocenters. The molecule has 0 saturated carbocycles. The van der Waals surface area contributed by atoms with Crippen molar-refractivity contribution in [1.29, 1.82) is 0 Å². The highest BCUT2D eigenvalue weighted by atomic mass is 16.5. The number of nitrogens with zero attached hydrogens (tertiary/aromatic N) is 1. The molecule has 2 aromatic carbocycles. The summed E-state index contributed by atoms with van der Waals surface area (Å²) in [6, 6.07) is 15.0. The van der Waals surface area contributed by atoms with Gasteiger partial charge >= 0.3 is 5.97 Å². The summed E-state index contributed by atoms with van der Waals surface area (Å²) in [6.45, 7) is 2.13. The van der Waals surface area contributed by atoms with E-state index in [-0.39, 0.29) is 12.1 Å². The number of aromatic nitrogens is 1. The zero-order valence-corrected chi connectivity index (χ0v) is 13.2. The summed E-state index contributed by atoms with van der Waals surface area (Å²) in [7, 11) is 0. The lowest BCUT2D eigenvalue weighted by atomic mass is 10.1. The summed E-state index contributed by atoms with van der Waals surface area (Å²) in [4.78, 5) is 23.0. The molecular weight excluding hydrogens is 306 g/mol. The van der Waals surface area contributed by atoms with Gasteiger partial charge in [0.1, 0.15) is 18.9 Å². The first-order chi connectivity index (χ1) is 11.5. The summed E-state index contributed by atoms with van der Waals surface area (Å²) in [5.74, 6) is -0.382. The molecule has 1 N–H and O–H groups in total. The van der Waals surface area contributed by atoms with Gasteiger partial charge in [0.15, 0.2) is 0 Å². The SMILES string of the molecule is Cc1ccc(COc2ccc3c(=O)n(CC(=O)O)ccc3c2)cc1. The first kappa shape index (κ1) is 15.8. The van der Waals surface area contributed by atoms with Crippen molar-refractivity contribution in [2.75, 3.05) is 0 Å². The van der Waals surface area contributed by atoms with Crippen LogP contribution in [-0.2, 0) is 17.9 Å². The lowest BCUT2D eigenvalue weighted by molar-refractivity contribution is -0.137. The van der Waals surface area contributed by atoms with Gasteiger partial charge in [0.25, 0.3) is 5.56 Å². The highest BCUT2D eigenvalue weighted by Crippen LogP contribution is 2.19. The Morgan fingerprint density at radius 2 is 1.88 bits per heavy atom. The van der Waals surface area contributed by atoms with Gasteiger partial charge < -0.3 is 14.4 Å². The highest BCUT2D eigenvalue weighted by Gasteiger charge is 2.07. The van der Waals surface area contributed by atoms with Crippen LogP contribution in [0.25, 0.3) is 10.8 Å². The third kappa shape index (κ3) is 3.46. The van der Waals surface area contributed by atoms with Crippen LogP contribution in [0.3, 0.4) is 0 Å². The van der Waals surface area contributed by atoms with E-state index in [2.05, 4.69) is 0 Å². The third-order valence-corrected chi connectivity index (χ3v) is 3.78. The van der Waals surface area contributed by atoms with Gasteiger partial charge in [0.05, 0.1) is 0 Å². The Morgan fingerprint density at radius 1 is 1.12 bits per heavy atom. The van der Waals surface area contributed by atoms with E-state index in [0.29, 0.717) is 17.7 Å². The van der Waals surface area contributed by atoms with E-state index in [0.717, 1.165) is 10.9 Å². The summed E-state index contributed by atoms with van der Waals surface area (Å²) < 4.78 is 6.95. The van der Waals surface area contributed by atoms with Gasteiger partial charge in [0, 0.05) is 11.6 Å². The first-order valence-corrected chi connectivity index (χ1v) is 7.56. The second kappa shape index (κ2) is 6.58. The number of aryl methyl sites for hydroxylation is 1. The van der Waals surface area contributed by atoms with Gasteiger partial charge in [0.2, 0.25) is 0 Å². The van der Waals surface area contributed by atoms with E-state index in [4.69, 9.17) is 9.84 Å². The van der Waals surface area contributed by atoms with E-state index in [1.807, 2.05) is 31.2 Å². The number of hydrogen-bond donors (Lipinski definition) is 1. The summed E-state index contributed by atoms with van der Waals surface area (Å²) in [6.07, 6.45) is 1.49. The van der Waals surface area contributed by atoms with Crippen molar-refractivity contribution in [2.45, 2.75) is 20.1 Å². The lowest BCUT2D eigenvalue weighted by Crippen LogP contribution is -2.23. The van der Waals surface area contributed by atoms with Crippen LogP contribution in [0.5, 0.6) is 5.75 Å². The molecule has 3 rings (SSSR count). The molecule has 0 saturated heterocycles. The highest BCUT2D eigenvalue weighted by molar-refractivity contribution is 5.83. The van der Waals surface area contributed by atoms with Crippen LogP contribution in [0, 0.1) is 6.92 Å². The van der Waals surface area contributed by atoms with Crippen LogP contribution >= 0.6 is 0 Å². The zero-order valence-electron chi connectivity index (χ0n) is 13.2. The third-order valence-electron chi connectivity index (χ3n) is 3.78. The van der Waals surface area contributed by atoms with Gasteiger partial charge in [-0.25, -0.2) is 0 Å². The largest absolute Gasteiger partial charge is 0.489 e. The minimum absolute atomic E-state index is 0.319. The minimum Gasteiger partial charge on any atom is -0.489 e. The Morgan fingerprint density at radius 3 is 2.58 bits per heavy atom. The normalized spacial score (nSPS) is 10.7. The molecule has 1 heterocycles. The van der Waals surface area contributed by atoms with Crippen molar-refractivity contribution < 1.29 is 14.6 Å². The molecule has 0 radical (unpaired) electrons. The van der Waals surface area contributed by atoms with Gasteiger partial charge in [-0.3, -0.25) is 9.59 Å². The quantitative estimate of drug-likeness (QED) is 0.784. The van der Waals surface area contributed by atoms with Crippen LogP contribution in [0.2, 0.25) is 0 Å². The Labute approximate surface area is 138 Å². The average Bonchev–Trinajstić information content (AvgIpc) is 2.56. The maximum Gasteiger partial charge on any atom is 0.323 e. The van der Waals surface area contributed by atoms with E-state index in [1.165, 1.54) is 16.3 Å². The fourth-order valence-corrected chi connectivity index (χ4v) is 2.48. The van der Waals surface area contributed by atoms with Crippen LogP contribution < -0.4 is 10.3 Å². The van der Waals surface area contributed by atoms with Crippen molar-refractivity contribution in [1.82, 2.24) is 4.57 Å². The Hall–Kier alpha value is -3.08. The number of carbonyl (C=O) groups is 1. The molecule has 0 bridgehead atoms. The number of carboxylic acid groups (broad SMARTS) is 1. The van der Waals surface area contributed by atoms with Crippen LogP contribution in [0.4, 0.5) is 0 Å². The Bertz CT molecular complexity index is 942. The lowest BCUT2D eigenvalue weighted by Gasteiger charge is -2.09. The number of carboxylic acids is 1. The van der Waals surface area contributed by atoms with Crippen molar-refractivity contribution in [2.24, 2.45) is 0 Å². The number of fused-ring (bicyclic) bond motifs is 1. The molecule has 0 aliphatic carbocycles. The number of hydrogen-bond acceptors (Lipinski definition) is 3. The fraction of sp³-hybridized carbons (Fsp3) is 0.158. The number of pyridine rings is 1. The molecule has 0 unspecified atom stereocenters. The summed E-state index contributed by atoms with van der Waals surface area (Å²) in [5.41, 5.74) is 1.94. The number of aliphatic carboxylic acids is 1. The molecule has 1 aromatic heterocycles. The van der Waals surface area contributed by atoms with Crippen molar-refractivity contribution in [3.05, 3.63) is 76.2 Å². The zero-order chi connectivity index (χ0) is 17.1. The second-order valence-corrected chi connectivity index (χ2v) is 5.67. The van der Waals surface area contributed by atoms with Gasteiger partial charge in [-0.05, 0) is 42.1 Å². The molecule has 0 amide bonds. The molecule has 0 spiro atoms. The smallest absolute Gasteiger partial charge is 0.323 e. The van der Waals surface area contributed by atoms with Gasteiger partial charge in [-0.15, -0.1) is 0 Å². The molecular formula is C19H17NO4. The predicted molar refractivity (Wildman–Crippen MR) is 91.4 cm³/mol. The molecule has 0 fully saturated rings. The summed E-state index contributed by atoms with van der Waals surface area (Å²) in [5, 5.41) is 10.0. The molecule has 3 aromatic rings. The van der Waals surface area contributed by atoms with E-state index >= 15 is 0 Å². The van der Waals surface area contributed by atoms with Crippen LogP contribution in [0.1, 0.15) is 11.1 Å². The molecule has 0 aliphatic rings. The van der Waals surface area contributed by atoms with Gasteiger partial charge in [-0.1, -0.05) is 29.8 Å². The summed E-state index contributed by atoms with van der Waals surface area (Å²) >= 11 is 0. The van der Waals surface area contributed by atoms with Crippen molar-refractivity contribution >= 4 is 16.7 Å². The van der Waals surface area contributed by atoms with Crippen molar-refractivity contribution in [3.63, 3.8) is 0 Å². The maximum atomic E-state index is 12.2. The first-order valence-electron chi connectivity index (χ1n) is 7.56. The Balaban J connectivity index is 1.82. The number of ether oxygens (including phenoxy) is 1. The Kier molecular flexibility index (Phi) is 4.33. The molecule has 0 aliphatic heterocycles.